The number of nitrogens with zero attached hydrogens (tertiary/aromatic N) is 5. The number of aryl methyl sites for hydroxylation is 1. The lowest BCUT2D eigenvalue weighted by Crippen LogP contribution is -2.49. The van der Waals surface area contributed by atoms with E-state index >= 15 is 0 Å². The van der Waals surface area contributed by atoms with E-state index < -0.39 is 11.5 Å². The quantitative estimate of drug-likeness (QED) is 0.863. The van der Waals surface area contributed by atoms with Crippen LogP contribution in [0.2, 0.25) is 0 Å². The van der Waals surface area contributed by atoms with Gasteiger partial charge in [-0.25, -0.2) is 9.78 Å². The van der Waals surface area contributed by atoms with Crippen LogP contribution in [0.5, 0.6) is 0 Å². The van der Waals surface area contributed by atoms with Crippen LogP contribution in [0.3, 0.4) is 0 Å². The first-order chi connectivity index (χ1) is 8.34. The molecule has 0 spiro atoms. The molecule has 0 bridgehead atoms. The number of aliphatic carboxylic acids is 1. The average molecular weight is 249 g/mol. The van der Waals surface area contributed by atoms with Crippen molar-refractivity contribution in [3.05, 3.63) is 18.1 Å². The van der Waals surface area contributed by atoms with Crippen LogP contribution in [-0.4, -0.2) is 43.2 Å². The number of hydrogen-bond donors (Lipinski definition) is 1. The molecule has 0 fully saturated rings. The Morgan fingerprint density at radius 1 is 1.50 bits per heavy atom. The van der Waals surface area contributed by atoms with E-state index in [0.717, 1.165) is 5.69 Å². The summed E-state index contributed by atoms with van der Waals surface area (Å²) in [6.07, 6.45) is 1.40. The van der Waals surface area contributed by atoms with Crippen LogP contribution in [0.1, 0.15) is 19.5 Å². The molecule has 0 saturated heterocycles. The van der Waals surface area contributed by atoms with E-state index in [-0.39, 0.29) is 0 Å². The summed E-state index contributed by atoms with van der Waals surface area (Å²) in [7, 11) is 1.71. The molecule has 0 aliphatic heterocycles. The Bertz CT molecular complexity index is 604. The van der Waals surface area contributed by atoms with Crippen LogP contribution in [0.25, 0.3) is 5.78 Å². The van der Waals surface area contributed by atoms with Crippen molar-refractivity contribution in [2.24, 2.45) is 0 Å². The van der Waals surface area contributed by atoms with Gasteiger partial charge in [0.1, 0.15) is 17.7 Å². The maximum atomic E-state index is 11.3. The SMILES string of the molecule is Cc1cc(N(C)C(C)(C)C(=O)O)n2ncnc2n1. The molecule has 0 aliphatic carbocycles. The summed E-state index contributed by atoms with van der Waals surface area (Å²) in [5, 5.41) is 13.3. The maximum Gasteiger partial charge on any atom is 0.328 e. The second-order valence-corrected chi connectivity index (χ2v) is 4.65. The van der Waals surface area contributed by atoms with Gasteiger partial charge in [0.15, 0.2) is 0 Å². The Kier molecular flexibility index (Phi) is 2.68. The summed E-state index contributed by atoms with van der Waals surface area (Å²) in [4.78, 5) is 21.2. The third-order valence-corrected chi connectivity index (χ3v) is 3.07. The lowest BCUT2D eigenvalue weighted by atomic mass is 10.0. The van der Waals surface area contributed by atoms with Crippen molar-refractivity contribution in [1.29, 1.82) is 0 Å². The van der Waals surface area contributed by atoms with Gasteiger partial charge >= 0.3 is 5.97 Å². The van der Waals surface area contributed by atoms with Crippen LogP contribution < -0.4 is 4.90 Å². The highest BCUT2D eigenvalue weighted by molar-refractivity contribution is 5.82. The smallest absolute Gasteiger partial charge is 0.328 e. The summed E-state index contributed by atoms with van der Waals surface area (Å²) in [6.45, 7) is 5.10. The third kappa shape index (κ3) is 1.77. The minimum absolute atomic E-state index is 0.457. The molecule has 0 amide bonds. The van der Waals surface area contributed by atoms with Crippen molar-refractivity contribution in [2.75, 3.05) is 11.9 Å². The Morgan fingerprint density at radius 2 is 2.17 bits per heavy atom. The number of carbonyl (C=O) groups is 1. The zero-order valence-electron chi connectivity index (χ0n) is 10.7. The molecule has 0 atom stereocenters. The van der Waals surface area contributed by atoms with E-state index in [4.69, 9.17) is 0 Å². The summed E-state index contributed by atoms with van der Waals surface area (Å²) >= 11 is 0. The van der Waals surface area contributed by atoms with Gasteiger partial charge in [0.2, 0.25) is 0 Å². The zero-order chi connectivity index (χ0) is 13.5. The number of likely N-dealkylation sites (N-methyl/N-ethyl adjacent to an activating group) is 1. The fourth-order valence-electron chi connectivity index (χ4n) is 1.58. The van der Waals surface area contributed by atoms with E-state index in [1.807, 2.05) is 6.92 Å². The summed E-state index contributed by atoms with van der Waals surface area (Å²) in [5.74, 6) is 0.188. The molecule has 7 nitrogen and oxygen atoms in total. The van der Waals surface area contributed by atoms with Gasteiger partial charge in [-0.05, 0) is 20.8 Å². The number of fused-ring (bicyclic) bond motifs is 1. The Labute approximate surface area is 104 Å². The van der Waals surface area contributed by atoms with Gasteiger partial charge in [0.25, 0.3) is 5.78 Å². The molecule has 0 unspecified atom stereocenters. The van der Waals surface area contributed by atoms with Gasteiger partial charge in [-0.15, -0.1) is 0 Å². The van der Waals surface area contributed by atoms with Crippen LogP contribution in [0, 0.1) is 6.92 Å². The van der Waals surface area contributed by atoms with Gasteiger partial charge in [0.05, 0.1) is 0 Å². The van der Waals surface area contributed by atoms with Crippen LogP contribution in [-0.2, 0) is 4.79 Å². The minimum atomic E-state index is -1.05. The molecule has 0 aliphatic rings. The predicted molar refractivity (Wildman–Crippen MR) is 65.6 cm³/mol. The number of carboxylic acids is 1. The fourth-order valence-corrected chi connectivity index (χ4v) is 1.58. The molecular formula is C11H15N5O2. The molecule has 2 rings (SSSR count). The van der Waals surface area contributed by atoms with Crippen molar-refractivity contribution in [1.82, 2.24) is 19.6 Å². The molecule has 7 heteroatoms. The molecule has 2 heterocycles. The monoisotopic (exact) mass is 249 g/mol. The number of aromatic nitrogens is 4. The lowest BCUT2D eigenvalue weighted by Gasteiger charge is -2.33. The first-order valence-corrected chi connectivity index (χ1v) is 5.48. The first-order valence-electron chi connectivity index (χ1n) is 5.48. The topological polar surface area (TPSA) is 83.6 Å². The fraction of sp³-hybridized carbons (Fsp3) is 0.455. The van der Waals surface area contributed by atoms with Crippen LogP contribution in [0.15, 0.2) is 12.4 Å². The lowest BCUT2D eigenvalue weighted by molar-refractivity contribution is -0.142. The highest BCUT2D eigenvalue weighted by atomic mass is 16.4. The minimum Gasteiger partial charge on any atom is -0.480 e. The molecule has 0 radical (unpaired) electrons. The molecule has 0 aromatic carbocycles. The van der Waals surface area contributed by atoms with Gasteiger partial charge in [-0.1, -0.05) is 0 Å². The van der Waals surface area contributed by atoms with Crippen molar-refractivity contribution in [3.63, 3.8) is 0 Å². The first kappa shape index (κ1) is 12.3. The van der Waals surface area contributed by atoms with E-state index in [2.05, 4.69) is 15.1 Å². The molecule has 2 aromatic heterocycles. The van der Waals surface area contributed by atoms with Crippen LogP contribution >= 0.6 is 0 Å². The standard InChI is InChI=1S/C11H15N5O2/c1-7-5-8(15(4)11(2,3)9(17)18)16-10(14-7)12-6-13-16/h5-6H,1-4H3,(H,17,18). The second-order valence-electron chi connectivity index (χ2n) is 4.65. The van der Waals surface area contributed by atoms with Crippen molar-refractivity contribution >= 4 is 17.6 Å². The number of rotatable bonds is 3. The maximum absolute atomic E-state index is 11.3. The highest BCUT2D eigenvalue weighted by Gasteiger charge is 2.33. The van der Waals surface area contributed by atoms with Gasteiger partial charge < -0.3 is 10.0 Å². The Balaban J connectivity index is 2.60. The van der Waals surface area contributed by atoms with E-state index in [1.54, 1.807) is 31.9 Å². The van der Waals surface area contributed by atoms with E-state index in [9.17, 15) is 9.90 Å². The molecular weight excluding hydrogens is 234 g/mol. The average Bonchev–Trinajstić information content (AvgIpc) is 2.74. The van der Waals surface area contributed by atoms with Gasteiger partial charge in [-0.2, -0.15) is 14.6 Å². The number of hydrogen-bond acceptors (Lipinski definition) is 5. The van der Waals surface area contributed by atoms with E-state index in [1.165, 1.54) is 10.8 Å². The van der Waals surface area contributed by atoms with Crippen LogP contribution in [0.4, 0.5) is 5.82 Å². The number of anilines is 1. The predicted octanol–water partition coefficient (Wildman–Crippen LogP) is 0.732. The molecule has 2 aromatic rings. The largest absolute Gasteiger partial charge is 0.480 e. The Hall–Kier alpha value is -2.18. The summed E-state index contributed by atoms with van der Waals surface area (Å²) < 4.78 is 1.53. The van der Waals surface area contributed by atoms with E-state index in [0.29, 0.717) is 11.6 Å². The summed E-state index contributed by atoms with van der Waals surface area (Å²) in [6, 6.07) is 1.78. The van der Waals surface area contributed by atoms with Crippen molar-refractivity contribution in [3.8, 4) is 0 Å². The number of carboxylic acid groups (broad SMARTS) is 1. The molecule has 96 valence electrons. The second kappa shape index (κ2) is 3.94. The highest BCUT2D eigenvalue weighted by Crippen LogP contribution is 2.22. The van der Waals surface area contributed by atoms with Gasteiger partial charge in [-0.3, -0.25) is 0 Å². The van der Waals surface area contributed by atoms with Crippen molar-refractivity contribution < 1.29 is 9.90 Å². The van der Waals surface area contributed by atoms with Gasteiger partial charge in [0, 0.05) is 18.8 Å². The zero-order valence-corrected chi connectivity index (χ0v) is 10.7. The molecule has 1 N–H and O–H groups in total. The molecule has 0 saturated carbocycles. The third-order valence-electron chi connectivity index (χ3n) is 3.07. The summed E-state index contributed by atoms with van der Waals surface area (Å²) in [5.41, 5.74) is -0.286. The van der Waals surface area contributed by atoms with Crippen molar-refractivity contribution in [2.45, 2.75) is 26.3 Å². The Morgan fingerprint density at radius 3 is 2.78 bits per heavy atom. The normalized spacial score (nSPS) is 11.8. The molecule has 18 heavy (non-hydrogen) atoms.